The summed E-state index contributed by atoms with van der Waals surface area (Å²) in [5.74, 6) is -0.165. The molecule has 1 N–H and O–H groups in total. The molecule has 9 nitrogen and oxygen atoms in total. The van der Waals surface area contributed by atoms with Crippen LogP contribution in [0.4, 0.5) is 5.82 Å². The molecule has 3 rings (SSSR count). The Labute approximate surface area is 194 Å². The Balaban J connectivity index is 1.74. The number of pyridine rings is 1. The summed E-state index contributed by atoms with van der Waals surface area (Å²) in [6, 6.07) is 3.52. The van der Waals surface area contributed by atoms with E-state index in [9.17, 15) is 14.4 Å². The second-order valence-corrected chi connectivity index (χ2v) is 7.98. The van der Waals surface area contributed by atoms with Crippen molar-refractivity contribution >= 4 is 23.7 Å². The van der Waals surface area contributed by atoms with Crippen LogP contribution in [0.2, 0.25) is 0 Å². The maximum Gasteiger partial charge on any atom is 0.339 e. The van der Waals surface area contributed by atoms with Gasteiger partial charge in [0.25, 0.3) is 5.91 Å². The second-order valence-electron chi connectivity index (χ2n) is 7.98. The number of H-pyrrole nitrogens is 1. The molecule has 2 aromatic rings. The smallest absolute Gasteiger partial charge is 0.339 e. The third-order valence-electron chi connectivity index (χ3n) is 5.76. The fourth-order valence-corrected chi connectivity index (χ4v) is 4.15. The van der Waals surface area contributed by atoms with Gasteiger partial charge in [-0.25, -0.2) is 14.6 Å². The third kappa shape index (κ3) is 5.35. The fraction of sp³-hybridized carbons (Fsp3) is 0.500. The molecule has 0 aliphatic carbocycles. The van der Waals surface area contributed by atoms with Crippen LogP contribution in [0.3, 0.4) is 0 Å². The zero-order chi connectivity index (χ0) is 24.0. The SMILES string of the molecule is CCCc1c(C(=O)N2CCCN(c3ccc(C(=O)OCC)cn3)CC2)[nH]c(C)c1C(=O)OC. The van der Waals surface area contributed by atoms with Crippen molar-refractivity contribution in [3.8, 4) is 0 Å². The third-order valence-corrected chi connectivity index (χ3v) is 5.76. The van der Waals surface area contributed by atoms with Gasteiger partial charge in [0.2, 0.25) is 0 Å². The number of anilines is 1. The van der Waals surface area contributed by atoms with E-state index in [1.54, 1.807) is 26.0 Å². The first-order valence-corrected chi connectivity index (χ1v) is 11.4. The van der Waals surface area contributed by atoms with Gasteiger partial charge in [-0.2, -0.15) is 0 Å². The first-order valence-electron chi connectivity index (χ1n) is 11.4. The molecule has 1 fully saturated rings. The maximum absolute atomic E-state index is 13.4. The Morgan fingerprint density at radius 2 is 1.88 bits per heavy atom. The lowest BCUT2D eigenvalue weighted by Gasteiger charge is -2.23. The average molecular weight is 457 g/mol. The zero-order valence-corrected chi connectivity index (χ0v) is 19.8. The molecule has 178 valence electrons. The number of amides is 1. The van der Waals surface area contributed by atoms with E-state index in [0.717, 1.165) is 30.8 Å². The molecule has 0 unspecified atom stereocenters. The van der Waals surface area contributed by atoms with Crippen LogP contribution in [0.1, 0.15) is 69.2 Å². The Morgan fingerprint density at radius 1 is 1.09 bits per heavy atom. The molecule has 9 heteroatoms. The normalized spacial score (nSPS) is 14.1. The number of rotatable bonds is 7. The van der Waals surface area contributed by atoms with Gasteiger partial charge >= 0.3 is 11.9 Å². The molecule has 0 bridgehead atoms. The molecule has 0 saturated carbocycles. The van der Waals surface area contributed by atoms with Gasteiger partial charge in [0.05, 0.1) is 24.8 Å². The summed E-state index contributed by atoms with van der Waals surface area (Å²) in [7, 11) is 1.35. The Morgan fingerprint density at radius 3 is 2.52 bits per heavy atom. The van der Waals surface area contributed by atoms with Gasteiger partial charge in [0, 0.05) is 38.1 Å². The summed E-state index contributed by atoms with van der Waals surface area (Å²) in [4.78, 5) is 49.0. The second kappa shape index (κ2) is 11.0. The zero-order valence-electron chi connectivity index (χ0n) is 19.8. The van der Waals surface area contributed by atoms with Crippen LogP contribution in [0, 0.1) is 6.92 Å². The van der Waals surface area contributed by atoms with E-state index in [2.05, 4.69) is 14.9 Å². The van der Waals surface area contributed by atoms with Gasteiger partial charge in [-0.3, -0.25) is 4.79 Å². The van der Waals surface area contributed by atoms with Crippen LogP contribution in [0.15, 0.2) is 18.3 Å². The average Bonchev–Trinajstić information content (AvgIpc) is 2.99. The van der Waals surface area contributed by atoms with E-state index in [-0.39, 0.29) is 11.9 Å². The predicted molar refractivity (Wildman–Crippen MR) is 124 cm³/mol. The fourth-order valence-electron chi connectivity index (χ4n) is 4.15. The number of methoxy groups -OCH3 is 1. The Kier molecular flexibility index (Phi) is 8.08. The lowest BCUT2D eigenvalue weighted by molar-refractivity contribution is 0.0524. The van der Waals surface area contributed by atoms with Gasteiger partial charge in [0.1, 0.15) is 11.5 Å². The molecular formula is C24H32N4O5. The van der Waals surface area contributed by atoms with Gasteiger partial charge < -0.3 is 24.3 Å². The number of aromatic amines is 1. The first kappa shape index (κ1) is 24.3. The molecule has 1 amide bonds. The maximum atomic E-state index is 13.4. The number of hydrogen-bond acceptors (Lipinski definition) is 7. The summed E-state index contributed by atoms with van der Waals surface area (Å²) < 4.78 is 9.94. The van der Waals surface area contributed by atoms with E-state index < -0.39 is 5.97 Å². The molecule has 1 aliphatic rings. The van der Waals surface area contributed by atoms with Crippen LogP contribution in [-0.4, -0.2) is 72.6 Å². The first-order chi connectivity index (χ1) is 15.9. The summed E-state index contributed by atoms with van der Waals surface area (Å²) in [5, 5.41) is 0. The van der Waals surface area contributed by atoms with Crippen LogP contribution in [0.25, 0.3) is 0 Å². The van der Waals surface area contributed by atoms with Crippen LogP contribution in [-0.2, 0) is 15.9 Å². The predicted octanol–water partition coefficient (Wildman–Crippen LogP) is 2.99. The van der Waals surface area contributed by atoms with Crippen molar-refractivity contribution in [3.63, 3.8) is 0 Å². The van der Waals surface area contributed by atoms with Crippen molar-refractivity contribution in [2.24, 2.45) is 0 Å². The van der Waals surface area contributed by atoms with Gasteiger partial charge in [-0.1, -0.05) is 13.3 Å². The monoisotopic (exact) mass is 456 g/mol. The summed E-state index contributed by atoms with van der Waals surface area (Å²) >= 11 is 0. The van der Waals surface area contributed by atoms with E-state index in [1.165, 1.54) is 13.3 Å². The van der Waals surface area contributed by atoms with Crippen LogP contribution < -0.4 is 4.90 Å². The lowest BCUT2D eigenvalue weighted by Crippen LogP contribution is -2.36. The van der Waals surface area contributed by atoms with Crippen molar-refractivity contribution in [1.82, 2.24) is 14.9 Å². The largest absolute Gasteiger partial charge is 0.465 e. The minimum absolute atomic E-state index is 0.107. The number of nitrogens with zero attached hydrogens (tertiary/aromatic N) is 3. The molecule has 0 radical (unpaired) electrons. The summed E-state index contributed by atoms with van der Waals surface area (Å²) in [6.07, 6.45) is 3.73. The quantitative estimate of drug-likeness (QED) is 0.639. The molecule has 2 aromatic heterocycles. The van der Waals surface area contributed by atoms with E-state index in [4.69, 9.17) is 9.47 Å². The number of carbonyl (C=O) groups excluding carboxylic acids is 3. The number of hydrogen-bond donors (Lipinski definition) is 1. The summed E-state index contributed by atoms with van der Waals surface area (Å²) in [6.45, 7) is 8.38. The molecule has 0 spiro atoms. The van der Waals surface area contributed by atoms with Crippen molar-refractivity contribution in [1.29, 1.82) is 0 Å². The van der Waals surface area contributed by atoms with Crippen molar-refractivity contribution in [3.05, 3.63) is 46.4 Å². The highest BCUT2D eigenvalue weighted by Gasteiger charge is 2.28. The minimum Gasteiger partial charge on any atom is -0.465 e. The molecule has 3 heterocycles. The highest BCUT2D eigenvalue weighted by molar-refractivity contribution is 6.00. The van der Waals surface area contributed by atoms with Crippen molar-refractivity contribution in [2.45, 2.75) is 40.0 Å². The number of nitrogens with one attached hydrogen (secondary N) is 1. The number of aromatic nitrogens is 2. The van der Waals surface area contributed by atoms with Crippen molar-refractivity contribution < 1.29 is 23.9 Å². The van der Waals surface area contributed by atoms with E-state index in [0.29, 0.717) is 55.2 Å². The highest BCUT2D eigenvalue weighted by atomic mass is 16.5. The molecule has 33 heavy (non-hydrogen) atoms. The Bertz CT molecular complexity index is 999. The number of esters is 2. The van der Waals surface area contributed by atoms with E-state index in [1.807, 2.05) is 11.8 Å². The molecule has 1 saturated heterocycles. The minimum atomic E-state index is -0.425. The van der Waals surface area contributed by atoms with Crippen LogP contribution >= 0.6 is 0 Å². The molecular weight excluding hydrogens is 424 g/mol. The topological polar surface area (TPSA) is 105 Å². The van der Waals surface area contributed by atoms with Gasteiger partial charge in [-0.15, -0.1) is 0 Å². The Hall–Kier alpha value is -3.36. The van der Waals surface area contributed by atoms with Crippen molar-refractivity contribution in [2.75, 3.05) is 44.8 Å². The van der Waals surface area contributed by atoms with Gasteiger partial charge in [0.15, 0.2) is 0 Å². The number of carbonyl (C=O) groups is 3. The summed E-state index contributed by atoms with van der Waals surface area (Å²) in [5.41, 5.74) is 2.73. The standard InChI is InChI=1S/C24H32N4O5/c1-5-8-18-20(24(31)32-4)16(3)26-21(18)22(29)28-12-7-11-27(13-14-28)19-10-9-17(15-25-19)23(30)33-6-2/h9-10,15,26H,5-8,11-14H2,1-4H3. The van der Waals surface area contributed by atoms with Gasteiger partial charge in [-0.05, 0) is 44.4 Å². The number of aryl methyl sites for hydroxylation is 1. The van der Waals surface area contributed by atoms with E-state index >= 15 is 0 Å². The highest BCUT2D eigenvalue weighted by Crippen LogP contribution is 2.24. The van der Waals surface area contributed by atoms with Crippen LogP contribution in [0.5, 0.6) is 0 Å². The molecule has 0 aromatic carbocycles. The lowest BCUT2D eigenvalue weighted by atomic mass is 10.0. The molecule has 1 aliphatic heterocycles. The molecule has 0 atom stereocenters. The number of ether oxygens (including phenoxy) is 2.